The Labute approximate surface area is 61.2 Å². The smallest absolute Gasteiger partial charge is 0.137 e. The van der Waals surface area contributed by atoms with Crippen LogP contribution in [0, 0.1) is 13.8 Å². The van der Waals surface area contributed by atoms with E-state index in [2.05, 4.69) is 19.0 Å². The van der Waals surface area contributed by atoms with Crippen LogP contribution in [0.1, 0.15) is 36.8 Å². The Balaban J connectivity index is 3.10. The molecule has 0 fully saturated rings. The zero-order valence-corrected chi connectivity index (χ0v) is 6.93. The second-order valence-electron chi connectivity index (χ2n) is 2.89. The van der Waals surface area contributed by atoms with E-state index in [-0.39, 0.29) is 0 Å². The predicted octanol–water partition coefficient (Wildman–Crippen LogP) is 2.41. The highest BCUT2D eigenvalue weighted by atomic mass is 16.5. The fourth-order valence-corrected chi connectivity index (χ4v) is 1.31. The molecular weight excluding hydrogens is 126 g/mol. The monoisotopic (exact) mass is 139 g/mol. The highest BCUT2D eigenvalue weighted by Crippen LogP contribution is 2.21. The first-order chi connectivity index (χ1) is 4.63. The van der Waals surface area contributed by atoms with E-state index in [1.54, 1.807) is 0 Å². The van der Waals surface area contributed by atoms with E-state index in [4.69, 9.17) is 4.52 Å². The van der Waals surface area contributed by atoms with Gasteiger partial charge in [0.05, 0.1) is 5.69 Å². The molecule has 0 atom stereocenters. The predicted molar refractivity (Wildman–Crippen MR) is 40.1 cm³/mol. The van der Waals surface area contributed by atoms with E-state index in [0.29, 0.717) is 5.92 Å². The fourth-order valence-electron chi connectivity index (χ4n) is 1.31. The summed E-state index contributed by atoms with van der Waals surface area (Å²) in [6, 6.07) is 0. The van der Waals surface area contributed by atoms with Crippen LogP contribution < -0.4 is 0 Å². The van der Waals surface area contributed by atoms with Gasteiger partial charge in [-0.1, -0.05) is 19.0 Å². The summed E-state index contributed by atoms with van der Waals surface area (Å²) in [4.78, 5) is 0. The maximum absolute atomic E-state index is 5.01. The molecule has 0 saturated carbocycles. The Hall–Kier alpha value is -0.790. The largest absolute Gasteiger partial charge is 0.361 e. The van der Waals surface area contributed by atoms with Gasteiger partial charge in [-0.25, -0.2) is 0 Å². The van der Waals surface area contributed by atoms with Gasteiger partial charge in [0, 0.05) is 5.56 Å². The van der Waals surface area contributed by atoms with Gasteiger partial charge >= 0.3 is 0 Å². The Morgan fingerprint density at radius 3 is 2.10 bits per heavy atom. The van der Waals surface area contributed by atoms with E-state index in [0.717, 1.165) is 11.5 Å². The molecule has 0 unspecified atom stereocenters. The van der Waals surface area contributed by atoms with E-state index in [1.807, 2.05) is 13.8 Å². The summed E-state index contributed by atoms with van der Waals surface area (Å²) in [5, 5.41) is 3.86. The molecule has 56 valence electrons. The van der Waals surface area contributed by atoms with Crippen LogP contribution in [-0.4, -0.2) is 5.16 Å². The molecule has 0 bridgehead atoms. The van der Waals surface area contributed by atoms with E-state index < -0.39 is 0 Å². The summed E-state index contributed by atoms with van der Waals surface area (Å²) in [5.74, 6) is 1.47. The molecule has 1 heterocycles. The zero-order valence-electron chi connectivity index (χ0n) is 6.93. The molecule has 1 aromatic rings. The van der Waals surface area contributed by atoms with Gasteiger partial charge < -0.3 is 4.52 Å². The van der Waals surface area contributed by atoms with Crippen molar-refractivity contribution in [3.8, 4) is 0 Å². The molecule has 1 aromatic heterocycles. The maximum Gasteiger partial charge on any atom is 0.137 e. The lowest BCUT2D eigenvalue weighted by molar-refractivity contribution is 0.392. The molecule has 0 aromatic carbocycles. The van der Waals surface area contributed by atoms with E-state index >= 15 is 0 Å². The summed E-state index contributed by atoms with van der Waals surface area (Å²) in [6.07, 6.45) is 0. The van der Waals surface area contributed by atoms with Gasteiger partial charge in [0.25, 0.3) is 0 Å². The standard InChI is InChI=1S/C8H13NO/c1-5(2)8-6(3)9-10-7(8)4/h5H,1-4H3. The molecule has 0 spiro atoms. The molecule has 10 heavy (non-hydrogen) atoms. The molecule has 2 heteroatoms. The van der Waals surface area contributed by atoms with Crippen LogP contribution in [0.2, 0.25) is 0 Å². The highest BCUT2D eigenvalue weighted by molar-refractivity contribution is 5.23. The van der Waals surface area contributed by atoms with Gasteiger partial charge in [0.2, 0.25) is 0 Å². The molecule has 0 radical (unpaired) electrons. The van der Waals surface area contributed by atoms with Crippen molar-refractivity contribution >= 4 is 0 Å². The van der Waals surface area contributed by atoms with E-state index in [1.165, 1.54) is 5.56 Å². The van der Waals surface area contributed by atoms with Gasteiger partial charge in [0.15, 0.2) is 0 Å². The lowest BCUT2D eigenvalue weighted by atomic mass is 10.0. The van der Waals surface area contributed by atoms with Crippen molar-refractivity contribution < 1.29 is 4.52 Å². The van der Waals surface area contributed by atoms with Gasteiger partial charge in [-0.05, 0) is 19.8 Å². The molecule has 0 amide bonds. The van der Waals surface area contributed by atoms with Gasteiger partial charge in [0.1, 0.15) is 5.76 Å². The van der Waals surface area contributed by atoms with Gasteiger partial charge in [-0.15, -0.1) is 0 Å². The fraction of sp³-hybridized carbons (Fsp3) is 0.625. The number of aromatic nitrogens is 1. The third kappa shape index (κ3) is 1.06. The Morgan fingerprint density at radius 1 is 1.30 bits per heavy atom. The highest BCUT2D eigenvalue weighted by Gasteiger charge is 2.11. The van der Waals surface area contributed by atoms with Crippen molar-refractivity contribution in [2.24, 2.45) is 0 Å². The quantitative estimate of drug-likeness (QED) is 0.597. The van der Waals surface area contributed by atoms with Crippen LogP contribution in [0.15, 0.2) is 4.52 Å². The number of hydrogen-bond acceptors (Lipinski definition) is 2. The third-order valence-electron chi connectivity index (χ3n) is 1.67. The third-order valence-corrected chi connectivity index (χ3v) is 1.67. The van der Waals surface area contributed by atoms with Crippen LogP contribution in [-0.2, 0) is 0 Å². The first-order valence-electron chi connectivity index (χ1n) is 3.55. The van der Waals surface area contributed by atoms with Crippen LogP contribution in [0.25, 0.3) is 0 Å². The molecular formula is C8H13NO. The molecule has 0 aliphatic carbocycles. The van der Waals surface area contributed by atoms with Crippen molar-refractivity contribution in [3.05, 3.63) is 17.0 Å². The van der Waals surface area contributed by atoms with Crippen LogP contribution in [0.3, 0.4) is 0 Å². The number of aryl methyl sites for hydroxylation is 2. The number of rotatable bonds is 1. The second kappa shape index (κ2) is 2.45. The number of hydrogen-bond donors (Lipinski definition) is 0. The molecule has 0 aliphatic heterocycles. The van der Waals surface area contributed by atoms with Crippen molar-refractivity contribution in [2.45, 2.75) is 33.6 Å². The van der Waals surface area contributed by atoms with Crippen molar-refractivity contribution in [1.29, 1.82) is 0 Å². The number of nitrogens with zero attached hydrogens (tertiary/aromatic N) is 1. The van der Waals surface area contributed by atoms with Crippen LogP contribution >= 0.6 is 0 Å². The summed E-state index contributed by atoms with van der Waals surface area (Å²) >= 11 is 0. The van der Waals surface area contributed by atoms with Crippen molar-refractivity contribution in [2.75, 3.05) is 0 Å². The molecule has 0 saturated heterocycles. The molecule has 0 aliphatic rings. The molecule has 1 rings (SSSR count). The minimum absolute atomic E-state index is 0.520. The Bertz CT molecular complexity index is 206. The Kier molecular flexibility index (Phi) is 1.79. The van der Waals surface area contributed by atoms with Crippen LogP contribution in [0.5, 0.6) is 0 Å². The van der Waals surface area contributed by atoms with Crippen LogP contribution in [0.4, 0.5) is 0 Å². The lowest BCUT2D eigenvalue weighted by Gasteiger charge is -2.00. The first-order valence-corrected chi connectivity index (χ1v) is 3.55. The minimum atomic E-state index is 0.520. The van der Waals surface area contributed by atoms with Gasteiger partial charge in [-0.3, -0.25) is 0 Å². The normalized spacial score (nSPS) is 10.9. The topological polar surface area (TPSA) is 26.0 Å². The molecule has 0 N–H and O–H groups in total. The second-order valence-corrected chi connectivity index (χ2v) is 2.89. The maximum atomic E-state index is 5.01. The summed E-state index contributed by atoms with van der Waals surface area (Å²) in [6.45, 7) is 8.22. The Morgan fingerprint density at radius 2 is 1.90 bits per heavy atom. The summed E-state index contributed by atoms with van der Waals surface area (Å²) in [7, 11) is 0. The minimum Gasteiger partial charge on any atom is -0.361 e. The lowest BCUT2D eigenvalue weighted by Crippen LogP contribution is -1.89. The van der Waals surface area contributed by atoms with Gasteiger partial charge in [-0.2, -0.15) is 0 Å². The zero-order chi connectivity index (χ0) is 7.72. The average molecular weight is 139 g/mol. The van der Waals surface area contributed by atoms with Crippen molar-refractivity contribution in [1.82, 2.24) is 5.16 Å². The summed E-state index contributed by atoms with van der Waals surface area (Å²) in [5.41, 5.74) is 2.27. The first kappa shape index (κ1) is 7.32. The average Bonchev–Trinajstić information content (AvgIpc) is 2.11. The summed E-state index contributed by atoms with van der Waals surface area (Å²) < 4.78 is 5.01. The van der Waals surface area contributed by atoms with E-state index in [9.17, 15) is 0 Å². The SMILES string of the molecule is Cc1noc(C)c1C(C)C. The van der Waals surface area contributed by atoms with Crippen molar-refractivity contribution in [3.63, 3.8) is 0 Å². The molecule has 2 nitrogen and oxygen atoms in total.